The smallest absolute Gasteiger partial charge is 0.144 e. The Morgan fingerprint density at radius 2 is 1.92 bits per heavy atom. The van der Waals surface area contributed by atoms with Crippen molar-refractivity contribution < 1.29 is 0 Å². The summed E-state index contributed by atoms with van der Waals surface area (Å²) in [6.45, 7) is 1.78. The second-order valence-electron chi connectivity index (χ2n) is 2.47. The first kappa shape index (κ1) is 8.12. The van der Waals surface area contributed by atoms with Crippen LogP contribution in [0.3, 0.4) is 0 Å². The molecular weight excluding hydrogens is 190 g/mol. The predicted octanol–water partition coefficient (Wildman–Crippen LogP) is 1.02. The topological polar surface area (TPSA) is 56.5 Å². The van der Waals surface area contributed by atoms with E-state index in [9.17, 15) is 0 Å². The molecule has 0 radical (unpaired) electrons. The van der Waals surface area contributed by atoms with E-state index in [0.717, 1.165) is 0 Å². The van der Waals surface area contributed by atoms with Gasteiger partial charge >= 0.3 is 0 Å². The van der Waals surface area contributed by atoms with Crippen molar-refractivity contribution in [2.45, 2.75) is 6.92 Å². The number of nitrogens with zero attached hydrogens (tertiary/aromatic N) is 5. The van der Waals surface area contributed by atoms with E-state index in [-0.39, 0.29) is 0 Å². The summed E-state index contributed by atoms with van der Waals surface area (Å²) >= 11 is 5.76. The van der Waals surface area contributed by atoms with Gasteiger partial charge < -0.3 is 0 Å². The van der Waals surface area contributed by atoms with Crippen molar-refractivity contribution in [1.29, 1.82) is 0 Å². The number of aromatic nitrogens is 5. The van der Waals surface area contributed by atoms with Crippen LogP contribution in [0.2, 0.25) is 5.15 Å². The van der Waals surface area contributed by atoms with E-state index in [1.54, 1.807) is 30.2 Å². The molecule has 13 heavy (non-hydrogen) atoms. The van der Waals surface area contributed by atoms with Crippen molar-refractivity contribution in [1.82, 2.24) is 24.7 Å². The van der Waals surface area contributed by atoms with Crippen LogP contribution < -0.4 is 0 Å². The van der Waals surface area contributed by atoms with Crippen molar-refractivity contribution >= 4 is 11.6 Å². The molecule has 0 saturated carbocycles. The number of hydrogen-bond donors (Lipinski definition) is 0. The third-order valence-electron chi connectivity index (χ3n) is 1.48. The van der Waals surface area contributed by atoms with Gasteiger partial charge in [-0.05, 0) is 6.92 Å². The van der Waals surface area contributed by atoms with Crippen LogP contribution in [0.15, 0.2) is 18.7 Å². The average molecular weight is 196 g/mol. The molecule has 2 aromatic rings. The molecule has 0 saturated heterocycles. The average Bonchev–Trinajstić information content (AvgIpc) is 2.53. The SMILES string of the molecule is Cc1nc(Cl)cc(-n2cnnc2)n1. The van der Waals surface area contributed by atoms with E-state index in [1.807, 2.05) is 0 Å². The molecule has 2 heterocycles. The van der Waals surface area contributed by atoms with Gasteiger partial charge in [-0.2, -0.15) is 0 Å². The second-order valence-corrected chi connectivity index (χ2v) is 2.85. The van der Waals surface area contributed by atoms with Gasteiger partial charge in [-0.15, -0.1) is 10.2 Å². The van der Waals surface area contributed by atoms with E-state index in [1.165, 1.54) is 0 Å². The summed E-state index contributed by atoms with van der Waals surface area (Å²) in [6, 6.07) is 1.65. The van der Waals surface area contributed by atoms with Crippen molar-refractivity contribution in [2.75, 3.05) is 0 Å². The normalized spacial score (nSPS) is 10.3. The first-order valence-electron chi connectivity index (χ1n) is 3.62. The first-order valence-corrected chi connectivity index (χ1v) is 4.00. The Bertz CT molecular complexity index is 391. The van der Waals surface area contributed by atoms with Crippen molar-refractivity contribution in [3.63, 3.8) is 0 Å². The third-order valence-corrected chi connectivity index (χ3v) is 1.67. The molecule has 0 fully saturated rings. The molecule has 0 atom stereocenters. The lowest BCUT2D eigenvalue weighted by Gasteiger charge is -2.00. The number of hydrogen-bond acceptors (Lipinski definition) is 4. The molecule has 0 spiro atoms. The minimum atomic E-state index is 0.413. The Morgan fingerprint density at radius 3 is 2.54 bits per heavy atom. The van der Waals surface area contributed by atoms with Gasteiger partial charge in [0.15, 0.2) is 0 Å². The van der Waals surface area contributed by atoms with Gasteiger partial charge in [0.2, 0.25) is 0 Å². The monoisotopic (exact) mass is 195 g/mol. The highest BCUT2D eigenvalue weighted by Crippen LogP contribution is 2.09. The highest BCUT2D eigenvalue weighted by atomic mass is 35.5. The van der Waals surface area contributed by atoms with Crippen LogP contribution in [0.25, 0.3) is 5.82 Å². The fraction of sp³-hybridized carbons (Fsp3) is 0.143. The van der Waals surface area contributed by atoms with E-state index >= 15 is 0 Å². The van der Waals surface area contributed by atoms with Gasteiger partial charge in [-0.1, -0.05) is 11.6 Å². The standard InChI is InChI=1S/C7H6ClN5/c1-5-11-6(8)2-7(12-5)13-3-9-10-4-13/h2-4H,1H3. The molecule has 6 heteroatoms. The van der Waals surface area contributed by atoms with Crippen LogP contribution in [0.5, 0.6) is 0 Å². The van der Waals surface area contributed by atoms with Crippen LogP contribution >= 0.6 is 11.6 Å². The minimum Gasteiger partial charge on any atom is -0.272 e. The summed E-state index contributed by atoms with van der Waals surface area (Å²) in [5, 5.41) is 7.75. The molecule has 0 aliphatic rings. The Hall–Kier alpha value is -1.49. The molecule has 2 rings (SSSR count). The van der Waals surface area contributed by atoms with Gasteiger partial charge in [-0.3, -0.25) is 4.57 Å². The van der Waals surface area contributed by atoms with E-state index < -0.39 is 0 Å². The second kappa shape index (κ2) is 3.10. The molecule has 0 bridgehead atoms. The molecule has 0 aliphatic carbocycles. The Morgan fingerprint density at radius 1 is 1.23 bits per heavy atom. The van der Waals surface area contributed by atoms with Crippen LogP contribution in [0.1, 0.15) is 5.82 Å². The van der Waals surface area contributed by atoms with Gasteiger partial charge in [0.05, 0.1) is 0 Å². The fourth-order valence-corrected chi connectivity index (χ4v) is 1.19. The maximum absolute atomic E-state index is 5.76. The molecule has 0 unspecified atom stereocenters. The zero-order chi connectivity index (χ0) is 9.26. The molecule has 5 nitrogen and oxygen atoms in total. The van der Waals surface area contributed by atoms with Crippen LogP contribution in [0, 0.1) is 6.92 Å². The van der Waals surface area contributed by atoms with Crippen LogP contribution in [-0.2, 0) is 0 Å². The molecule has 66 valence electrons. The largest absolute Gasteiger partial charge is 0.272 e. The molecular formula is C7H6ClN5. The lowest BCUT2D eigenvalue weighted by atomic mass is 10.5. The summed E-state index contributed by atoms with van der Waals surface area (Å²) < 4.78 is 1.67. The number of halogens is 1. The lowest BCUT2D eigenvalue weighted by Crippen LogP contribution is -1.98. The zero-order valence-corrected chi connectivity index (χ0v) is 7.60. The van der Waals surface area contributed by atoms with E-state index in [2.05, 4.69) is 20.2 Å². The highest BCUT2D eigenvalue weighted by Gasteiger charge is 2.01. The zero-order valence-electron chi connectivity index (χ0n) is 6.85. The summed E-state index contributed by atoms with van der Waals surface area (Å²) in [7, 11) is 0. The van der Waals surface area contributed by atoms with Gasteiger partial charge in [0, 0.05) is 6.07 Å². The molecule has 0 amide bonds. The van der Waals surface area contributed by atoms with Crippen LogP contribution in [0.4, 0.5) is 0 Å². The highest BCUT2D eigenvalue weighted by molar-refractivity contribution is 6.29. The summed E-state index contributed by atoms with van der Waals surface area (Å²) in [4.78, 5) is 8.11. The van der Waals surface area contributed by atoms with Crippen LogP contribution in [-0.4, -0.2) is 24.7 Å². The lowest BCUT2D eigenvalue weighted by molar-refractivity contribution is 0.935. The summed E-state index contributed by atoms with van der Waals surface area (Å²) in [6.07, 6.45) is 3.11. The number of aryl methyl sites for hydroxylation is 1. The predicted molar refractivity (Wildman–Crippen MR) is 46.7 cm³/mol. The number of rotatable bonds is 1. The Kier molecular flexibility index (Phi) is 1.94. The molecule has 0 aliphatic heterocycles. The van der Waals surface area contributed by atoms with Gasteiger partial charge in [0.1, 0.15) is 29.5 Å². The minimum absolute atomic E-state index is 0.413. The van der Waals surface area contributed by atoms with Crippen molar-refractivity contribution in [2.24, 2.45) is 0 Å². The molecule has 0 N–H and O–H groups in total. The van der Waals surface area contributed by atoms with E-state index in [0.29, 0.717) is 16.8 Å². The molecule has 2 aromatic heterocycles. The summed E-state index contributed by atoms with van der Waals surface area (Å²) in [5.74, 6) is 1.29. The third kappa shape index (κ3) is 1.65. The van der Waals surface area contributed by atoms with Gasteiger partial charge in [0.25, 0.3) is 0 Å². The quantitative estimate of drug-likeness (QED) is 0.638. The summed E-state index contributed by atoms with van der Waals surface area (Å²) in [5.41, 5.74) is 0. The Labute approximate surface area is 79.4 Å². The molecule has 0 aromatic carbocycles. The van der Waals surface area contributed by atoms with Gasteiger partial charge in [-0.25, -0.2) is 9.97 Å². The Balaban J connectivity index is 2.53. The van der Waals surface area contributed by atoms with E-state index in [4.69, 9.17) is 11.6 Å². The maximum atomic E-state index is 5.76. The van der Waals surface area contributed by atoms with Crippen molar-refractivity contribution in [3.8, 4) is 5.82 Å². The first-order chi connectivity index (χ1) is 6.25. The van der Waals surface area contributed by atoms with Crippen molar-refractivity contribution in [3.05, 3.63) is 29.7 Å². The maximum Gasteiger partial charge on any atom is 0.144 e. The fourth-order valence-electron chi connectivity index (χ4n) is 0.968.